The maximum Gasteiger partial charge on any atom is 0.191 e. The molecule has 0 aliphatic heterocycles. The van der Waals surface area contributed by atoms with E-state index in [9.17, 15) is 8.78 Å². The summed E-state index contributed by atoms with van der Waals surface area (Å²) in [5.41, 5.74) is 4.17. The summed E-state index contributed by atoms with van der Waals surface area (Å²) in [4.78, 5) is 11.3. The molecule has 0 unspecified atom stereocenters. The van der Waals surface area contributed by atoms with Crippen LogP contribution in [0.2, 0.25) is 0 Å². The second kappa shape index (κ2) is 8.69. The Morgan fingerprint density at radius 1 is 1.07 bits per heavy atom. The number of aryl methyl sites for hydroxylation is 2. The molecule has 152 valence electrons. The molecule has 0 atom stereocenters. The van der Waals surface area contributed by atoms with E-state index >= 15 is 0 Å². The number of fused-ring (bicyclic) bond motifs is 1. The zero-order chi connectivity index (χ0) is 21.1. The van der Waals surface area contributed by atoms with Gasteiger partial charge in [-0.2, -0.15) is 0 Å². The molecule has 3 aromatic heterocycles. The van der Waals surface area contributed by atoms with Crippen LogP contribution in [0.3, 0.4) is 0 Å². The summed E-state index contributed by atoms with van der Waals surface area (Å²) in [5.74, 6) is -0.775. The summed E-state index contributed by atoms with van der Waals surface area (Å²) < 4.78 is 28.8. The maximum atomic E-state index is 13.5. The van der Waals surface area contributed by atoms with Gasteiger partial charge in [0, 0.05) is 24.2 Å². The van der Waals surface area contributed by atoms with Gasteiger partial charge in [0.05, 0.1) is 11.4 Å². The lowest BCUT2D eigenvalue weighted by Gasteiger charge is -2.17. The summed E-state index contributed by atoms with van der Waals surface area (Å²) in [6, 6.07) is 7.86. The lowest BCUT2D eigenvalue weighted by atomic mass is 10.2. The van der Waals surface area contributed by atoms with Crippen molar-refractivity contribution in [2.24, 2.45) is 0 Å². The molecular formula is C22H24F2N4S. The lowest BCUT2D eigenvalue weighted by Crippen LogP contribution is -2.13. The van der Waals surface area contributed by atoms with Crippen LogP contribution in [0.5, 0.6) is 0 Å². The van der Waals surface area contributed by atoms with E-state index in [0.717, 1.165) is 40.3 Å². The Kier molecular flexibility index (Phi) is 6.27. The smallest absolute Gasteiger partial charge is 0.191 e. The van der Waals surface area contributed by atoms with Gasteiger partial charge in [-0.1, -0.05) is 26.8 Å². The van der Waals surface area contributed by atoms with E-state index in [4.69, 9.17) is 4.98 Å². The van der Waals surface area contributed by atoms with Crippen LogP contribution in [0.25, 0.3) is 16.9 Å². The van der Waals surface area contributed by atoms with E-state index in [1.807, 2.05) is 50.2 Å². The molecule has 29 heavy (non-hydrogen) atoms. The van der Waals surface area contributed by atoms with Crippen LogP contribution in [0, 0.1) is 18.6 Å². The lowest BCUT2D eigenvalue weighted by molar-refractivity contribution is 0.509. The van der Waals surface area contributed by atoms with E-state index < -0.39 is 11.6 Å². The zero-order valence-electron chi connectivity index (χ0n) is 17.2. The average Bonchev–Trinajstić information content (AvgIpc) is 3.36. The van der Waals surface area contributed by atoms with Crippen molar-refractivity contribution in [3.05, 3.63) is 64.8 Å². The molecule has 0 amide bonds. The molecule has 0 radical (unpaired) electrons. The summed E-state index contributed by atoms with van der Waals surface area (Å²) >= 11 is 1.45. The molecule has 0 N–H and O–H groups in total. The highest BCUT2D eigenvalue weighted by molar-refractivity contribution is 7.14. The monoisotopic (exact) mass is 414 g/mol. The van der Waals surface area contributed by atoms with Crippen molar-refractivity contribution in [2.75, 3.05) is 11.9 Å². The Hall–Kier alpha value is -2.80. The van der Waals surface area contributed by atoms with Gasteiger partial charge in [0.1, 0.15) is 11.5 Å². The zero-order valence-corrected chi connectivity index (χ0v) is 18.0. The van der Waals surface area contributed by atoms with Crippen LogP contribution in [-0.4, -0.2) is 21.4 Å². The third-order valence-electron chi connectivity index (χ3n) is 4.46. The van der Waals surface area contributed by atoms with E-state index in [1.165, 1.54) is 23.5 Å². The molecule has 0 bridgehead atoms. The Labute approximate surface area is 173 Å². The number of hydrogen-bond acceptors (Lipinski definition) is 4. The van der Waals surface area contributed by atoms with Gasteiger partial charge in [-0.3, -0.25) is 4.40 Å². The molecule has 7 heteroatoms. The first-order chi connectivity index (χ1) is 14.0. The molecule has 4 nitrogen and oxygen atoms in total. The molecule has 4 aromatic rings. The molecule has 3 heterocycles. The molecule has 0 aliphatic carbocycles. The number of rotatable bonds is 4. The van der Waals surface area contributed by atoms with Gasteiger partial charge in [0.15, 0.2) is 16.8 Å². The summed E-state index contributed by atoms with van der Waals surface area (Å²) in [6.07, 6.45) is 2.85. The third-order valence-corrected chi connectivity index (χ3v) is 5.37. The highest BCUT2D eigenvalue weighted by Crippen LogP contribution is 2.34. The van der Waals surface area contributed by atoms with Crippen LogP contribution in [0.1, 0.15) is 32.0 Å². The van der Waals surface area contributed by atoms with E-state index in [-0.39, 0.29) is 0 Å². The minimum atomic E-state index is -0.874. The maximum absolute atomic E-state index is 13.5. The fraction of sp³-hybridized carbons (Fsp3) is 0.273. The number of anilines is 2. The van der Waals surface area contributed by atoms with Crippen molar-refractivity contribution < 1.29 is 8.78 Å². The van der Waals surface area contributed by atoms with Crippen molar-refractivity contribution in [2.45, 2.75) is 34.1 Å². The van der Waals surface area contributed by atoms with Gasteiger partial charge in [0.2, 0.25) is 0 Å². The standard InChI is InChI=1S/C20H18F2N4S.C2H6/c1-4-16-19(26-10-12(2)5-8-18(26)23-16)25(3)20-24-17(11-27-20)13-6-7-14(21)15(22)9-13;1-2/h5-11H,4H2,1-3H3;1-2H3. The largest absolute Gasteiger partial charge is 0.305 e. The Balaban J connectivity index is 0.00000117. The minimum Gasteiger partial charge on any atom is -0.305 e. The van der Waals surface area contributed by atoms with Crippen molar-refractivity contribution in [1.82, 2.24) is 14.4 Å². The first-order valence-electron chi connectivity index (χ1n) is 9.60. The van der Waals surface area contributed by atoms with Crippen LogP contribution < -0.4 is 4.90 Å². The number of pyridine rings is 1. The summed E-state index contributed by atoms with van der Waals surface area (Å²) in [6.45, 7) is 8.11. The number of benzene rings is 1. The van der Waals surface area contributed by atoms with Crippen molar-refractivity contribution in [3.8, 4) is 11.3 Å². The molecule has 4 rings (SSSR count). The normalized spacial score (nSPS) is 10.7. The van der Waals surface area contributed by atoms with E-state index in [2.05, 4.69) is 22.5 Å². The first kappa shape index (κ1) is 20.9. The second-order valence-electron chi connectivity index (χ2n) is 6.37. The SMILES string of the molecule is CC.CCc1nc2ccc(C)cn2c1N(C)c1nc(-c2ccc(F)c(F)c2)cs1. The predicted octanol–water partition coefficient (Wildman–Crippen LogP) is 6.40. The number of imidazole rings is 1. The highest BCUT2D eigenvalue weighted by atomic mass is 32.1. The van der Waals surface area contributed by atoms with E-state index in [0.29, 0.717) is 11.3 Å². The fourth-order valence-electron chi connectivity index (χ4n) is 3.08. The molecule has 0 saturated heterocycles. The molecule has 0 fully saturated rings. The number of aromatic nitrogens is 3. The van der Waals surface area contributed by atoms with E-state index in [1.54, 1.807) is 0 Å². The quantitative estimate of drug-likeness (QED) is 0.387. The Morgan fingerprint density at radius 3 is 2.52 bits per heavy atom. The van der Waals surface area contributed by atoms with Gasteiger partial charge in [-0.25, -0.2) is 18.7 Å². The molecule has 1 aromatic carbocycles. The second-order valence-corrected chi connectivity index (χ2v) is 7.21. The average molecular weight is 415 g/mol. The summed E-state index contributed by atoms with van der Waals surface area (Å²) in [5, 5.41) is 2.60. The molecular weight excluding hydrogens is 390 g/mol. The highest BCUT2D eigenvalue weighted by Gasteiger charge is 2.19. The van der Waals surface area contributed by atoms with Crippen molar-refractivity contribution >= 4 is 27.9 Å². The Bertz CT molecular complexity index is 1130. The topological polar surface area (TPSA) is 33.4 Å². The summed E-state index contributed by atoms with van der Waals surface area (Å²) in [7, 11) is 1.94. The van der Waals surface area contributed by atoms with Crippen LogP contribution in [0.15, 0.2) is 41.9 Å². The Morgan fingerprint density at radius 2 is 1.83 bits per heavy atom. The van der Waals surface area contributed by atoms with Gasteiger partial charge >= 0.3 is 0 Å². The third kappa shape index (κ3) is 4.00. The van der Waals surface area contributed by atoms with Crippen LogP contribution in [0.4, 0.5) is 19.7 Å². The molecule has 0 saturated carbocycles. The van der Waals surface area contributed by atoms with Gasteiger partial charge in [0.25, 0.3) is 0 Å². The van der Waals surface area contributed by atoms with Gasteiger partial charge < -0.3 is 4.90 Å². The van der Waals surface area contributed by atoms with Gasteiger partial charge in [-0.05, 0) is 43.2 Å². The minimum absolute atomic E-state index is 0.550. The number of hydrogen-bond donors (Lipinski definition) is 0. The van der Waals surface area contributed by atoms with Gasteiger partial charge in [-0.15, -0.1) is 11.3 Å². The van der Waals surface area contributed by atoms with Crippen molar-refractivity contribution in [3.63, 3.8) is 0 Å². The van der Waals surface area contributed by atoms with Crippen LogP contribution in [-0.2, 0) is 6.42 Å². The number of nitrogens with zero attached hydrogens (tertiary/aromatic N) is 4. The fourth-order valence-corrected chi connectivity index (χ4v) is 3.88. The number of halogens is 2. The molecule has 0 aliphatic rings. The molecule has 0 spiro atoms. The first-order valence-corrected chi connectivity index (χ1v) is 10.5. The number of thiazole rings is 1. The van der Waals surface area contributed by atoms with Crippen LogP contribution >= 0.6 is 11.3 Å². The predicted molar refractivity (Wildman–Crippen MR) is 116 cm³/mol. The van der Waals surface area contributed by atoms with Crippen molar-refractivity contribution in [1.29, 1.82) is 0 Å².